The first-order chi connectivity index (χ1) is 11.8. The van der Waals surface area contributed by atoms with Crippen molar-refractivity contribution in [2.45, 2.75) is 79.2 Å². The molecule has 1 unspecified atom stereocenters. The first-order valence-electron chi connectivity index (χ1n) is 9.34. The second-order valence-electron chi connectivity index (χ2n) is 9.50. The lowest BCUT2D eigenvalue weighted by molar-refractivity contribution is -0.155. The van der Waals surface area contributed by atoms with Gasteiger partial charge in [-0.3, -0.25) is 9.59 Å². The van der Waals surface area contributed by atoms with Crippen LogP contribution in [0.4, 0.5) is 0 Å². The van der Waals surface area contributed by atoms with E-state index in [1.54, 1.807) is 12.3 Å². The third-order valence-corrected chi connectivity index (χ3v) is 5.37. The molecule has 0 aliphatic heterocycles. The summed E-state index contributed by atoms with van der Waals surface area (Å²) in [6.45, 7) is 13.7. The monoisotopic (exact) mass is 360 g/mol. The molecule has 4 nitrogen and oxygen atoms in total. The molecule has 0 fully saturated rings. The Balaban J connectivity index is 2.15. The summed E-state index contributed by atoms with van der Waals surface area (Å²) in [6, 6.07) is 3.80. The van der Waals surface area contributed by atoms with Gasteiger partial charge in [0.05, 0.1) is 6.26 Å². The Kier molecular flexibility index (Phi) is 5.55. The zero-order valence-electron chi connectivity index (χ0n) is 17.1. The molecule has 0 N–H and O–H groups in total. The molecule has 1 aromatic rings. The van der Waals surface area contributed by atoms with Crippen LogP contribution in [0, 0.1) is 10.8 Å². The molecule has 0 radical (unpaired) electrons. The van der Waals surface area contributed by atoms with Gasteiger partial charge in [0.15, 0.2) is 5.78 Å². The summed E-state index contributed by atoms with van der Waals surface area (Å²) in [5.74, 6) is 0.768. The molecule has 26 heavy (non-hydrogen) atoms. The maximum Gasteiger partial charge on any atom is 0.306 e. The summed E-state index contributed by atoms with van der Waals surface area (Å²) in [4.78, 5) is 24.9. The zero-order valence-corrected chi connectivity index (χ0v) is 17.1. The average Bonchev–Trinajstić information content (AvgIpc) is 3.00. The lowest BCUT2D eigenvalue weighted by atomic mass is 9.63. The van der Waals surface area contributed by atoms with Crippen molar-refractivity contribution >= 4 is 11.8 Å². The standard InChI is InChI=1S/C22H32O4/c1-20(2,3)26-19(24)10-11-21(4,5)15-13-16(17-9-8-12-25-17)22(6,7)18(23)14-15/h8-9,12,14,16H,10-11,13H2,1-7H3. The second kappa shape index (κ2) is 7.05. The number of allylic oxidation sites excluding steroid dienone is 2. The molecule has 2 rings (SSSR count). The van der Waals surface area contributed by atoms with Gasteiger partial charge < -0.3 is 9.15 Å². The van der Waals surface area contributed by atoms with Crippen molar-refractivity contribution in [2.24, 2.45) is 10.8 Å². The Bertz CT molecular complexity index is 684. The lowest BCUT2D eigenvalue weighted by Crippen LogP contribution is -2.36. The van der Waals surface area contributed by atoms with Gasteiger partial charge in [-0.2, -0.15) is 0 Å². The van der Waals surface area contributed by atoms with Crippen LogP contribution in [0.3, 0.4) is 0 Å². The minimum atomic E-state index is -0.497. The predicted molar refractivity (Wildman–Crippen MR) is 102 cm³/mol. The molecule has 0 spiro atoms. The maximum atomic E-state index is 12.8. The van der Waals surface area contributed by atoms with Gasteiger partial charge in [0.25, 0.3) is 0 Å². The molecule has 1 aromatic heterocycles. The van der Waals surface area contributed by atoms with E-state index in [2.05, 4.69) is 13.8 Å². The number of hydrogen-bond donors (Lipinski definition) is 0. The molecule has 1 aliphatic rings. The third kappa shape index (κ3) is 4.66. The van der Waals surface area contributed by atoms with Gasteiger partial charge in [0.2, 0.25) is 0 Å². The second-order valence-corrected chi connectivity index (χ2v) is 9.50. The van der Waals surface area contributed by atoms with E-state index in [-0.39, 0.29) is 23.1 Å². The summed E-state index contributed by atoms with van der Waals surface area (Å²) in [6.07, 6.45) is 5.18. The summed E-state index contributed by atoms with van der Waals surface area (Å²) in [5.41, 5.74) is -0.154. The molecule has 144 valence electrons. The van der Waals surface area contributed by atoms with Crippen molar-refractivity contribution in [1.29, 1.82) is 0 Å². The van der Waals surface area contributed by atoms with Crippen LogP contribution >= 0.6 is 0 Å². The molecule has 0 saturated carbocycles. The van der Waals surface area contributed by atoms with Crippen molar-refractivity contribution < 1.29 is 18.7 Å². The highest BCUT2D eigenvalue weighted by molar-refractivity contribution is 5.96. The van der Waals surface area contributed by atoms with Gasteiger partial charge in [-0.05, 0) is 57.2 Å². The molecular weight excluding hydrogens is 328 g/mol. The first kappa shape index (κ1) is 20.5. The van der Waals surface area contributed by atoms with E-state index in [1.165, 1.54) is 0 Å². The van der Waals surface area contributed by atoms with Crippen molar-refractivity contribution in [1.82, 2.24) is 0 Å². The SMILES string of the molecule is CC(C)(C)OC(=O)CCC(C)(C)C1=CC(=O)C(C)(C)C(c2ccco2)C1. The Labute approximate surface area is 157 Å². The molecule has 0 amide bonds. The number of carbonyl (C=O) groups is 2. The fraction of sp³-hybridized carbons (Fsp3) is 0.636. The van der Waals surface area contributed by atoms with Gasteiger partial charge in [-0.25, -0.2) is 0 Å². The summed E-state index contributed by atoms with van der Waals surface area (Å²) in [7, 11) is 0. The summed E-state index contributed by atoms with van der Waals surface area (Å²) in [5, 5.41) is 0. The van der Waals surface area contributed by atoms with Crippen LogP contribution < -0.4 is 0 Å². The van der Waals surface area contributed by atoms with Crippen LogP contribution in [0.5, 0.6) is 0 Å². The number of furan rings is 1. The van der Waals surface area contributed by atoms with E-state index >= 15 is 0 Å². The van der Waals surface area contributed by atoms with E-state index in [1.807, 2.05) is 46.8 Å². The maximum absolute atomic E-state index is 12.8. The molecule has 1 aliphatic carbocycles. The average molecular weight is 360 g/mol. The van der Waals surface area contributed by atoms with Gasteiger partial charge in [-0.15, -0.1) is 0 Å². The molecule has 1 atom stereocenters. The summed E-state index contributed by atoms with van der Waals surface area (Å²) < 4.78 is 11.0. The lowest BCUT2D eigenvalue weighted by Gasteiger charge is -2.40. The number of rotatable bonds is 5. The normalized spacial score (nSPS) is 20.7. The number of esters is 1. The van der Waals surface area contributed by atoms with Gasteiger partial charge in [0, 0.05) is 17.8 Å². The largest absolute Gasteiger partial charge is 0.469 e. The van der Waals surface area contributed by atoms with Crippen molar-refractivity contribution in [3.63, 3.8) is 0 Å². The van der Waals surface area contributed by atoms with Gasteiger partial charge >= 0.3 is 5.97 Å². The van der Waals surface area contributed by atoms with Gasteiger partial charge in [0.1, 0.15) is 11.4 Å². The highest BCUT2D eigenvalue weighted by Gasteiger charge is 2.44. The van der Waals surface area contributed by atoms with Crippen LogP contribution in [0.15, 0.2) is 34.5 Å². The van der Waals surface area contributed by atoms with E-state index in [0.717, 1.165) is 17.8 Å². The predicted octanol–water partition coefficient (Wildman–Crippen LogP) is 5.44. The minimum absolute atomic E-state index is 0.00537. The van der Waals surface area contributed by atoms with Crippen LogP contribution in [0.25, 0.3) is 0 Å². The summed E-state index contributed by atoms with van der Waals surface area (Å²) >= 11 is 0. The fourth-order valence-electron chi connectivity index (χ4n) is 3.44. The minimum Gasteiger partial charge on any atom is -0.469 e. The molecule has 0 aromatic carbocycles. The van der Waals surface area contributed by atoms with E-state index in [9.17, 15) is 9.59 Å². The smallest absolute Gasteiger partial charge is 0.306 e. The van der Waals surface area contributed by atoms with Crippen LogP contribution in [0.1, 0.15) is 79.4 Å². The number of ether oxygens (including phenoxy) is 1. The number of hydrogen-bond acceptors (Lipinski definition) is 4. The third-order valence-electron chi connectivity index (χ3n) is 5.37. The highest BCUT2D eigenvalue weighted by Crippen LogP contribution is 2.49. The molecular formula is C22H32O4. The molecule has 1 heterocycles. The molecule has 4 heteroatoms. The fourth-order valence-corrected chi connectivity index (χ4v) is 3.44. The molecule has 0 bridgehead atoms. The quantitative estimate of drug-likeness (QED) is 0.656. The Hall–Kier alpha value is -1.84. The van der Waals surface area contributed by atoms with E-state index in [0.29, 0.717) is 12.8 Å². The van der Waals surface area contributed by atoms with Gasteiger partial charge in [-0.1, -0.05) is 33.3 Å². The number of carbonyl (C=O) groups excluding carboxylic acids is 2. The van der Waals surface area contributed by atoms with Crippen molar-refractivity contribution in [3.05, 3.63) is 35.8 Å². The topological polar surface area (TPSA) is 56.5 Å². The van der Waals surface area contributed by atoms with Crippen LogP contribution in [-0.4, -0.2) is 17.4 Å². The Morgan fingerprint density at radius 1 is 1.27 bits per heavy atom. The van der Waals surface area contributed by atoms with Crippen molar-refractivity contribution in [3.8, 4) is 0 Å². The molecule has 0 saturated heterocycles. The van der Waals surface area contributed by atoms with Crippen LogP contribution in [-0.2, 0) is 14.3 Å². The number of ketones is 1. The first-order valence-corrected chi connectivity index (χ1v) is 9.34. The Morgan fingerprint density at radius 3 is 2.46 bits per heavy atom. The van der Waals surface area contributed by atoms with Crippen LogP contribution in [0.2, 0.25) is 0 Å². The highest BCUT2D eigenvalue weighted by atomic mass is 16.6. The van der Waals surface area contributed by atoms with Crippen molar-refractivity contribution in [2.75, 3.05) is 0 Å². The van der Waals surface area contributed by atoms with E-state index < -0.39 is 11.0 Å². The van der Waals surface area contributed by atoms with E-state index in [4.69, 9.17) is 9.15 Å². The zero-order chi connectivity index (χ0) is 19.8. The Morgan fingerprint density at radius 2 is 1.92 bits per heavy atom.